The van der Waals surface area contributed by atoms with E-state index in [1.165, 1.54) is 17.0 Å². The summed E-state index contributed by atoms with van der Waals surface area (Å²) in [6.07, 6.45) is 0.265. The number of hydrogen-bond donors (Lipinski definition) is 1. The molecule has 0 aliphatic heterocycles. The fraction of sp³-hybridized carbons (Fsp3) is 0.235. The van der Waals surface area contributed by atoms with Crippen LogP contribution in [0, 0.1) is 13.8 Å². The maximum Gasteiger partial charge on any atom is 0.264 e. The molecule has 0 fully saturated rings. The molecule has 0 radical (unpaired) electrons. The molecule has 0 unspecified atom stereocenters. The van der Waals surface area contributed by atoms with Crippen LogP contribution in [0.1, 0.15) is 29.2 Å². The number of amides is 2. The average Bonchev–Trinajstić information content (AvgIpc) is 3.00. The summed E-state index contributed by atoms with van der Waals surface area (Å²) in [5.74, 6) is -0.800. The topological polar surface area (TPSA) is 86.8 Å². The molecule has 4 aromatic rings. The zero-order valence-electron chi connectivity index (χ0n) is 24.5. The molecular weight excluding hydrogens is 626 g/mol. The lowest BCUT2D eigenvalue weighted by Gasteiger charge is -2.34. The van der Waals surface area contributed by atoms with Crippen molar-refractivity contribution >= 4 is 43.5 Å². The standard InChI is InChI=1S/C34H36BrN3O4S/c1-4-36-34(40)32(22-27-14-7-5-8-15-27)37(23-28-16-12-17-29(35)21-28)33(39)24-38(31-20-11-13-25(2)26(31)3)43(41,42)30-18-9-6-10-19-30/h5-21,32H,4,22-24H2,1-3H3,(H,36,40)/t32-/m0/s1. The zero-order chi connectivity index (χ0) is 31.0. The number of benzene rings is 4. The Morgan fingerprint density at radius 3 is 2.12 bits per heavy atom. The highest BCUT2D eigenvalue weighted by Crippen LogP contribution is 2.29. The van der Waals surface area contributed by atoms with Crippen molar-refractivity contribution in [2.45, 2.75) is 44.7 Å². The Labute approximate surface area is 262 Å². The van der Waals surface area contributed by atoms with E-state index in [-0.39, 0.29) is 23.8 Å². The largest absolute Gasteiger partial charge is 0.355 e. The quantitative estimate of drug-likeness (QED) is 0.201. The predicted octanol–water partition coefficient (Wildman–Crippen LogP) is 6.04. The van der Waals surface area contributed by atoms with Gasteiger partial charge in [0, 0.05) is 24.0 Å². The first-order chi connectivity index (χ1) is 20.6. The molecule has 2 amide bonds. The van der Waals surface area contributed by atoms with Gasteiger partial charge in [-0.25, -0.2) is 8.42 Å². The van der Waals surface area contributed by atoms with Gasteiger partial charge < -0.3 is 10.2 Å². The first-order valence-electron chi connectivity index (χ1n) is 14.1. The van der Waals surface area contributed by atoms with E-state index < -0.39 is 28.5 Å². The third kappa shape index (κ3) is 7.91. The number of sulfonamides is 1. The molecule has 0 saturated carbocycles. The molecule has 0 spiro atoms. The van der Waals surface area contributed by atoms with Gasteiger partial charge in [0.15, 0.2) is 0 Å². The molecule has 7 nitrogen and oxygen atoms in total. The molecule has 1 N–H and O–H groups in total. The number of nitrogens with one attached hydrogen (secondary N) is 1. The van der Waals surface area contributed by atoms with E-state index in [1.807, 2.05) is 81.4 Å². The lowest BCUT2D eigenvalue weighted by molar-refractivity contribution is -0.140. The minimum absolute atomic E-state index is 0.0757. The summed E-state index contributed by atoms with van der Waals surface area (Å²) >= 11 is 3.50. The number of carbonyl (C=O) groups is 2. The first-order valence-corrected chi connectivity index (χ1v) is 16.3. The van der Waals surface area contributed by atoms with Crippen molar-refractivity contribution in [3.63, 3.8) is 0 Å². The van der Waals surface area contributed by atoms with Crippen LogP contribution in [-0.2, 0) is 32.6 Å². The van der Waals surface area contributed by atoms with Crippen LogP contribution in [0.2, 0.25) is 0 Å². The summed E-state index contributed by atoms with van der Waals surface area (Å²) in [4.78, 5) is 29.6. The van der Waals surface area contributed by atoms with Crippen LogP contribution >= 0.6 is 15.9 Å². The van der Waals surface area contributed by atoms with E-state index in [4.69, 9.17) is 0 Å². The monoisotopic (exact) mass is 661 g/mol. The molecule has 0 aromatic heterocycles. The van der Waals surface area contributed by atoms with Crippen molar-refractivity contribution in [1.29, 1.82) is 0 Å². The van der Waals surface area contributed by atoms with Crippen LogP contribution in [0.3, 0.4) is 0 Å². The maximum atomic E-state index is 14.5. The predicted molar refractivity (Wildman–Crippen MR) is 174 cm³/mol. The van der Waals surface area contributed by atoms with Crippen LogP contribution in [0.4, 0.5) is 5.69 Å². The molecule has 1 atom stereocenters. The summed E-state index contributed by atoms with van der Waals surface area (Å²) in [6.45, 7) is 5.58. The molecule has 4 aromatic carbocycles. The van der Waals surface area contributed by atoms with E-state index in [1.54, 1.807) is 30.3 Å². The lowest BCUT2D eigenvalue weighted by atomic mass is 10.0. The van der Waals surface area contributed by atoms with Crippen molar-refractivity contribution in [1.82, 2.24) is 10.2 Å². The van der Waals surface area contributed by atoms with E-state index in [0.717, 1.165) is 31.0 Å². The number of carbonyl (C=O) groups excluding carboxylic acids is 2. The van der Waals surface area contributed by atoms with Gasteiger partial charge in [-0.3, -0.25) is 13.9 Å². The van der Waals surface area contributed by atoms with Gasteiger partial charge in [0.05, 0.1) is 10.6 Å². The number of aryl methyl sites for hydroxylation is 1. The second-order valence-corrected chi connectivity index (χ2v) is 13.1. The van der Waals surface area contributed by atoms with Crippen LogP contribution in [0.5, 0.6) is 0 Å². The molecule has 43 heavy (non-hydrogen) atoms. The summed E-state index contributed by atoms with van der Waals surface area (Å²) in [7, 11) is -4.14. The van der Waals surface area contributed by atoms with E-state index in [0.29, 0.717) is 12.2 Å². The number of rotatable bonds is 12. The highest BCUT2D eigenvalue weighted by Gasteiger charge is 2.35. The van der Waals surface area contributed by atoms with Crippen molar-refractivity contribution in [3.8, 4) is 0 Å². The van der Waals surface area contributed by atoms with Gasteiger partial charge in [-0.15, -0.1) is 0 Å². The third-order valence-electron chi connectivity index (χ3n) is 7.32. The highest BCUT2D eigenvalue weighted by molar-refractivity contribution is 9.10. The van der Waals surface area contributed by atoms with Gasteiger partial charge in [-0.2, -0.15) is 0 Å². The molecule has 224 valence electrons. The van der Waals surface area contributed by atoms with E-state index >= 15 is 0 Å². The molecular formula is C34H36BrN3O4S. The van der Waals surface area contributed by atoms with Gasteiger partial charge in [0.1, 0.15) is 12.6 Å². The van der Waals surface area contributed by atoms with Gasteiger partial charge in [-0.05, 0) is 73.4 Å². The molecule has 0 saturated heterocycles. The number of nitrogens with zero attached hydrogens (tertiary/aromatic N) is 2. The molecule has 4 rings (SSSR count). The lowest BCUT2D eigenvalue weighted by Crippen LogP contribution is -2.53. The normalized spacial score (nSPS) is 11.9. The SMILES string of the molecule is CCNC(=O)[C@H](Cc1ccccc1)N(Cc1cccc(Br)c1)C(=O)CN(c1cccc(C)c1C)S(=O)(=O)c1ccccc1. The summed E-state index contributed by atoms with van der Waals surface area (Å²) in [5.41, 5.74) is 3.74. The Morgan fingerprint density at radius 1 is 0.837 bits per heavy atom. The van der Waals surface area contributed by atoms with Crippen LogP contribution in [0.15, 0.2) is 112 Å². The van der Waals surface area contributed by atoms with E-state index in [9.17, 15) is 18.0 Å². The number of halogens is 1. The summed E-state index contributed by atoms with van der Waals surface area (Å²) in [5, 5.41) is 2.88. The zero-order valence-corrected chi connectivity index (χ0v) is 26.9. The molecule has 0 heterocycles. The Balaban J connectivity index is 1.82. The summed E-state index contributed by atoms with van der Waals surface area (Å²) < 4.78 is 30.2. The number of likely N-dealkylation sites (N-methyl/N-ethyl adjacent to an activating group) is 1. The Bertz CT molecular complexity index is 1660. The molecule has 0 bridgehead atoms. The fourth-order valence-electron chi connectivity index (χ4n) is 4.92. The highest BCUT2D eigenvalue weighted by atomic mass is 79.9. The Morgan fingerprint density at radius 2 is 1.47 bits per heavy atom. The van der Waals surface area contributed by atoms with Gasteiger partial charge in [0.2, 0.25) is 11.8 Å². The maximum absolute atomic E-state index is 14.5. The molecule has 9 heteroatoms. The van der Waals surface area contributed by atoms with Gasteiger partial charge in [-0.1, -0.05) is 88.7 Å². The van der Waals surface area contributed by atoms with E-state index in [2.05, 4.69) is 21.2 Å². The van der Waals surface area contributed by atoms with Crippen LogP contribution < -0.4 is 9.62 Å². The second-order valence-electron chi connectivity index (χ2n) is 10.3. The van der Waals surface area contributed by atoms with Crippen molar-refractivity contribution in [2.24, 2.45) is 0 Å². The number of anilines is 1. The minimum atomic E-state index is -4.14. The Kier molecular flexibility index (Phi) is 10.8. The van der Waals surface area contributed by atoms with Crippen molar-refractivity contribution in [2.75, 3.05) is 17.4 Å². The third-order valence-corrected chi connectivity index (χ3v) is 9.59. The van der Waals surface area contributed by atoms with Crippen LogP contribution in [0.25, 0.3) is 0 Å². The Hall–Kier alpha value is -3.95. The number of hydrogen-bond acceptors (Lipinski definition) is 4. The fourth-order valence-corrected chi connectivity index (χ4v) is 6.86. The van der Waals surface area contributed by atoms with Crippen molar-refractivity contribution in [3.05, 3.63) is 130 Å². The van der Waals surface area contributed by atoms with Crippen LogP contribution in [-0.4, -0.2) is 44.3 Å². The smallest absolute Gasteiger partial charge is 0.264 e. The van der Waals surface area contributed by atoms with Crippen molar-refractivity contribution < 1.29 is 18.0 Å². The molecule has 0 aliphatic carbocycles. The minimum Gasteiger partial charge on any atom is -0.355 e. The second kappa shape index (κ2) is 14.5. The average molecular weight is 663 g/mol. The first kappa shape index (κ1) is 32.0. The summed E-state index contributed by atoms with van der Waals surface area (Å²) in [6, 6.07) is 29.6. The van der Waals surface area contributed by atoms with Gasteiger partial charge in [0.25, 0.3) is 10.0 Å². The van der Waals surface area contributed by atoms with Gasteiger partial charge >= 0.3 is 0 Å². The molecule has 0 aliphatic rings.